The highest BCUT2D eigenvalue weighted by molar-refractivity contribution is 9.25. The van der Waals surface area contributed by atoms with E-state index in [9.17, 15) is 8.42 Å². The number of halogens is 4. The van der Waals surface area contributed by atoms with E-state index in [1.807, 2.05) is 0 Å². The van der Waals surface area contributed by atoms with Crippen LogP contribution in [0.1, 0.15) is 0 Å². The molecule has 0 heterocycles. The summed E-state index contributed by atoms with van der Waals surface area (Å²) in [5.41, 5.74) is 0. The fraction of sp³-hybridized carbons (Fsp3) is 0.111. The molecule has 0 spiro atoms. The average molecular weight is 646 g/mol. The number of hydrogen-bond donors (Lipinski definition) is 0. The molecule has 0 amide bonds. The fourth-order valence-corrected chi connectivity index (χ4v) is 4.01. The van der Waals surface area contributed by atoms with E-state index in [4.69, 9.17) is 9.47 Å². The highest BCUT2D eigenvalue weighted by atomic mass is 79.9. The Labute approximate surface area is 192 Å². The van der Waals surface area contributed by atoms with E-state index in [1.54, 1.807) is 48.6 Å². The van der Waals surface area contributed by atoms with Gasteiger partial charge in [-0.15, -0.1) is 0 Å². The smallest absolute Gasteiger partial charge is 0.213 e. The van der Waals surface area contributed by atoms with Gasteiger partial charge < -0.3 is 9.47 Å². The second-order valence-electron chi connectivity index (χ2n) is 4.96. The van der Waals surface area contributed by atoms with Gasteiger partial charge in [0.25, 0.3) is 0 Å². The number of alkyl halides is 4. The highest BCUT2D eigenvalue weighted by Crippen LogP contribution is 2.34. The summed E-state index contributed by atoms with van der Waals surface area (Å²) >= 11 is 13.2. The van der Waals surface area contributed by atoms with E-state index in [1.165, 1.54) is 24.7 Å². The number of benzene rings is 2. The van der Waals surface area contributed by atoms with E-state index in [-0.39, 0.29) is 28.8 Å². The quantitative estimate of drug-likeness (QED) is 0.242. The van der Waals surface area contributed by atoms with Gasteiger partial charge in [0.1, 0.15) is 21.3 Å². The van der Waals surface area contributed by atoms with Crippen molar-refractivity contribution in [3.8, 4) is 11.5 Å². The van der Waals surface area contributed by atoms with E-state index in [2.05, 4.69) is 63.7 Å². The SMILES string of the molecule is O=S(=O)(c1ccccc1OC=CC(Br)Br)c1ccccc1OC=CC(Br)Br. The van der Waals surface area contributed by atoms with Crippen LogP contribution in [0.5, 0.6) is 11.5 Å². The van der Waals surface area contributed by atoms with Gasteiger partial charge in [0.05, 0.1) is 20.0 Å². The van der Waals surface area contributed by atoms with Crippen molar-refractivity contribution in [2.45, 2.75) is 17.3 Å². The molecule has 0 saturated carbocycles. The number of allylic oxidation sites excluding steroid dienone is 2. The molecular formula is C18H14Br4O4S. The molecule has 0 aliphatic carbocycles. The zero-order valence-electron chi connectivity index (χ0n) is 13.6. The van der Waals surface area contributed by atoms with Crippen molar-refractivity contribution in [3.63, 3.8) is 0 Å². The molecule has 0 fully saturated rings. The molecule has 0 N–H and O–H groups in total. The summed E-state index contributed by atoms with van der Waals surface area (Å²) in [4.78, 5) is 0.100. The van der Waals surface area contributed by atoms with E-state index >= 15 is 0 Å². The summed E-state index contributed by atoms with van der Waals surface area (Å²) in [6.07, 6.45) is 6.20. The maximum absolute atomic E-state index is 13.2. The maximum atomic E-state index is 13.2. The van der Waals surface area contributed by atoms with Crippen molar-refractivity contribution in [2.75, 3.05) is 0 Å². The number of para-hydroxylation sites is 2. The number of rotatable bonds is 8. The van der Waals surface area contributed by atoms with Gasteiger partial charge in [-0.1, -0.05) is 88.0 Å². The summed E-state index contributed by atoms with van der Waals surface area (Å²) < 4.78 is 37.3. The molecule has 0 aliphatic heterocycles. The van der Waals surface area contributed by atoms with Crippen LogP contribution in [0.2, 0.25) is 0 Å². The van der Waals surface area contributed by atoms with Crippen LogP contribution in [0.25, 0.3) is 0 Å². The zero-order valence-corrected chi connectivity index (χ0v) is 20.8. The monoisotopic (exact) mass is 642 g/mol. The van der Waals surface area contributed by atoms with Crippen LogP contribution in [0.4, 0.5) is 0 Å². The molecule has 0 unspecified atom stereocenters. The number of sulfone groups is 1. The Bertz CT molecular complexity index is 855. The summed E-state index contributed by atoms with van der Waals surface area (Å²) in [5.74, 6) is 0.446. The van der Waals surface area contributed by atoms with Gasteiger partial charge in [-0.25, -0.2) is 8.42 Å². The number of hydrogen-bond acceptors (Lipinski definition) is 4. The van der Waals surface area contributed by atoms with Crippen molar-refractivity contribution in [1.29, 1.82) is 0 Å². The van der Waals surface area contributed by atoms with Crippen LogP contribution in [0.3, 0.4) is 0 Å². The van der Waals surface area contributed by atoms with Crippen LogP contribution in [0, 0.1) is 0 Å². The van der Waals surface area contributed by atoms with E-state index in [0.29, 0.717) is 0 Å². The molecule has 0 bridgehead atoms. The van der Waals surface area contributed by atoms with Crippen LogP contribution in [-0.4, -0.2) is 15.9 Å². The lowest BCUT2D eigenvalue weighted by molar-refractivity contribution is 0.459. The fourth-order valence-electron chi connectivity index (χ4n) is 2.00. The first-order valence-corrected chi connectivity index (χ1v) is 12.6. The molecule has 0 aliphatic rings. The van der Waals surface area contributed by atoms with Crippen LogP contribution >= 0.6 is 63.7 Å². The molecule has 27 heavy (non-hydrogen) atoms. The van der Waals surface area contributed by atoms with Crippen molar-refractivity contribution in [1.82, 2.24) is 0 Å². The van der Waals surface area contributed by atoms with Gasteiger partial charge >= 0.3 is 0 Å². The second kappa shape index (κ2) is 10.8. The topological polar surface area (TPSA) is 52.6 Å². The van der Waals surface area contributed by atoms with Gasteiger partial charge in [-0.05, 0) is 36.4 Å². The Morgan fingerprint density at radius 2 is 1.07 bits per heavy atom. The lowest BCUT2D eigenvalue weighted by Gasteiger charge is -2.12. The third-order valence-corrected chi connectivity index (χ3v) is 6.17. The van der Waals surface area contributed by atoms with Crippen molar-refractivity contribution < 1.29 is 17.9 Å². The summed E-state index contributed by atoms with van der Waals surface area (Å²) in [7, 11) is -3.87. The summed E-state index contributed by atoms with van der Waals surface area (Å²) in [6.45, 7) is 0. The summed E-state index contributed by atoms with van der Waals surface area (Å²) in [5, 5.41) is 0. The third-order valence-electron chi connectivity index (χ3n) is 3.12. The minimum Gasteiger partial charge on any atom is -0.464 e. The van der Waals surface area contributed by atoms with Gasteiger partial charge in [0.2, 0.25) is 9.84 Å². The first-order chi connectivity index (χ1) is 12.8. The minimum atomic E-state index is -3.87. The first kappa shape index (κ1) is 22.7. The molecule has 2 rings (SSSR count). The Morgan fingerprint density at radius 1 is 0.704 bits per heavy atom. The van der Waals surface area contributed by atoms with Gasteiger partial charge in [0.15, 0.2) is 0 Å². The average Bonchev–Trinajstić information content (AvgIpc) is 2.62. The molecule has 2 aromatic carbocycles. The first-order valence-electron chi connectivity index (χ1n) is 7.48. The maximum Gasteiger partial charge on any atom is 0.213 e. The molecule has 0 radical (unpaired) electrons. The second-order valence-corrected chi connectivity index (χ2v) is 13.2. The Hall–Kier alpha value is -0.610. The van der Waals surface area contributed by atoms with Gasteiger partial charge in [-0.2, -0.15) is 0 Å². The Kier molecular flexibility index (Phi) is 9.07. The van der Waals surface area contributed by atoms with Crippen molar-refractivity contribution in [3.05, 3.63) is 73.2 Å². The molecule has 2 aromatic rings. The lowest BCUT2D eigenvalue weighted by Crippen LogP contribution is -2.06. The Balaban J connectivity index is 2.43. The molecule has 0 aromatic heterocycles. The van der Waals surface area contributed by atoms with E-state index in [0.717, 1.165) is 0 Å². The molecule has 9 heteroatoms. The van der Waals surface area contributed by atoms with Crippen LogP contribution in [-0.2, 0) is 9.84 Å². The standard InChI is InChI=1S/C18H14Br4O4S/c19-17(20)9-11-25-13-5-1-3-7-15(13)27(23,24)16-8-4-2-6-14(16)26-12-10-18(21)22/h1-12,17-18H. The molecule has 0 saturated heterocycles. The predicted molar refractivity (Wildman–Crippen MR) is 121 cm³/mol. The Morgan fingerprint density at radius 3 is 1.44 bits per heavy atom. The highest BCUT2D eigenvalue weighted by Gasteiger charge is 2.25. The van der Waals surface area contributed by atoms with Crippen molar-refractivity contribution >= 4 is 73.6 Å². The van der Waals surface area contributed by atoms with Gasteiger partial charge in [-0.3, -0.25) is 0 Å². The van der Waals surface area contributed by atoms with Gasteiger partial charge in [0, 0.05) is 0 Å². The lowest BCUT2D eigenvalue weighted by atomic mass is 10.3. The molecular weight excluding hydrogens is 632 g/mol. The van der Waals surface area contributed by atoms with Crippen molar-refractivity contribution in [2.24, 2.45) is 0 Å². The van der Waals surface area contributed by atoms with E-state index < -0.39 is 9.84 Å². The predicted octanol–water partition coefficient (Wildman–Crippen LogP) is 6.54. The molecule has 4 nitrogen and oxygen atoms in total. The van der Waals surface area contributed by atoms with Crippen LogP contribution < -0.4 is 9.47 Å². The number of ether oxygens (including phenoxy) is 2. The molecule has 144 valence electrons. The normalized spacial score (nSPS) is 12.4. The third kappa shape index (κ3) is 6.74. The zero-order chi connectivity index (χ0) is 19.9. The molecule has 0 atom stereocenters. The minimum absolute atomic E-state index is 0.0502. The summed E-state index contributed by atoms with van der Waals surface area (Å²) in [6, 6.07) is 12.9. The van der Waals surface area contributed by atoms with Crippen LogP contribution in [0.15, 0.2) is 83.0 Å². The largest absolute Gasteiger partial charge is 0.464 e.